The minimum Gasteiger partial charge on any atom is -0.142 e. The van der Waals surface area contributed by atoms with Crippen molar-refractivity contribution in [3.8, 4) is 0 Å². The molecular formula is C12H20Cl4Si. The third-order valence-corrected chi connectivity index (χ3v) is 15.6. The first-order valence-electron chi connectivity index (χ1n) is 6.67. The van der Waals surface area contributed by atoms with E-state index >= 15 is 0 Å². The Kier molecular flexibility index (Phi) is 4.69. The Morgan fingerprint density at radius 2 is 0.882 bits per heavy atom. The average Bonchev–Trinajstić information content (AvgIpc) is 2.30. The van der Waals surface area contributed by atoms with Crippen molar-refractivity contribution < 1.29 is 0 Å². The molecule has 0 atom stereocenters. The summed E-state index contributed by atoms with van der Waals surface area (Å²) in [5.74, 6) is 0. The molecule has 0 bridgehead atoms. The van der Waals surface area contributed by atoms with E-state index in [0.29, 0.717) is 0 Å². The molecule has 0 spiro atoms. The molecule has 0 unspecified atom stereocenters. The van der Waals surface area contributed by atoms with Crippen molar-refractivity contribution in [2.75, 3.05) is 0 Å². The minimum atomic E-state index is -2.67. The van der Waals surface area contributed by atoms with Crippen LogP contribution < -0.4 is 0 Å². The molecule has 0 aromatic rings. The van der Waals surface area contributed by atoms with Crippen LogP contribution in [0.4, 0.5) is 0 Å². The van der Waals surface area contributed by atoms with Crippen molar-refractivity contribution in [1.82, 2.24) is 0 Å². The molecule has 0 aliphatic heterocycles. The molecule has 0 aromatic heterocycles. The highest BCUT2D eigenvalue weighted by Gasteiger charge is 2.63. The fourth-order valence-electron chi connectivity index (χ4n) is 3.25. The highest BCUT2D eigenvalue weighted by molar-refractivity contribution is 7.50. The van der Waals surface area contributed by atoms with Gasteiger partial charge in [-0.2, -0.15) is 0 Å². The topological polar surface area (TPSA) is 0 Å². The Balaban J connectivity index is 2.20. The fraction of sp³-hybridized carbons (Fsp3) is 1.00. The Morgan fingerprint density at radius 1 is 0.588 bits per heavy atom. The second-order valence-corrected chi connectivity index (χ2v) is 14.8. The van der Waals surface area contributed by atoms with Crippen LogP contribution in [-0.2, 0) is 0 Å². The monoisotopic (exact) mass is 332 g/mol. The van der Waals surface area contributed by atoms with Gasteiger partial charge in [-0.3, -0.25) is 0 Å². The Hall–Kier alpha value is 1.38. The molecule has 0 nitrogen and oxygen atoms in total. The van der Waals surface area contributed by atoms with Crippen LogP contribution in [0.3, 0.4) is 0 Å². The molecule has 2 fully saturated rings. The lowest BCUT2D eigenvalue weighted by Crippen LogP contribution is -2.61. The minimum absolute atomic E-state index is 0.395. The maximum absolute atomic E-state index is 6.82. The van der Waals surface area contributed by atoms with Crippen molar-refractivity contribution in [1.29, 1.82) is 0 Å². The molecule has 0 radical (unpaired) electrons. The first-order chi connectivity index (χ1) is 7.91. The van der Waals surface area contributed by atoms with E-state index in [0.717, 1.165) is 51.4 Å². The van der Waals surface area contributed by atoms with Crippen molar-refractivity contribution in [3.05, 3.63) is 0 Å². The van der Waals surface area contributed by atoms with E-state index < -0.39 is 15.7 Å². The van der Waals surface area contributed by atoms with Gasteiger partial charge in [0.15, 0.2) is 0 Å². The standard InChI is InChI=1S/C12H20Cl4Si/c13-11(7-3-1-4-8-11)17(15,16)12(14)9-5-2-6-10-12/h1-10H2. The zero-order valence-electron chi connectivity index (χ0n) is 10.1. The maximum Gasteiger partial charge on any atom is 0.291 e. The maximum atomic E-state index is 6.82. The van der Waals surface area contributed by atoms with E-state index in [-0.39, 0.29) is 0 Å². The van der Waals surface area contributed by atoms with Crippen LogP contribution >= 0.6 is 45.4 Å². The number of halogens is 4. The quantitative estimate of drug-likeness (QED) is 0.337. The molecule has 0 aromatic carbocycles. The summed E-state index contributed by atoms with van der Waals surface area (Å²) in [6.45, 7) is -2.67. The van der Waals surface area contributed by atoms with E-state index in [1.807, 2.05) is 0 Å². The lowest BCUT2D eigenvalue weighted by atomic mass is 9.99. The summed E-state index contributed by atoms with van der Waals surface area (Å²) in [6.07, 6.45) is 10.9. The summed E-state index contributed by atoms with van der Waals surface area (Å²) in [4.78, 5) is 0. The van der Waals surface area contributed by atoms with E-state index in [2.05, 4.69) is 0 Å². The van der Waals surface area contributed by atoms with Gasteiger partial charge in [-0.25, -0.2) is 0 Å². The average molecular weight is 334 g/mol. The number of alkyl halides is 2. The SMILES string of the molecule is ClC1([Si](Cl)(Cl)C2(Cl)CCCCC2)CCCCC1. The molecule has 0 N–H and O–H groups in total. The summed E-state index contributed by atoms with van der Waals surface area (Å²) in [7, 11) is 0. The Labute approximate surface area is 125 Å². The van der Waals surface area contributed by atoms with Gasteiger partial charge >= 0.3 is 0 Å². The van der Waals surface area contributed by atoms with Crippen LogP contribution in [0.15, 0.2) is 0 Å². The Bertz CT molecular complexity index is 242. The zero-order valence-corrected chi connectivity index (χ0v) is 14.1. The van der Waals surface area contributed by atoms with E-state index in [4.69, 9.17) is 45.4 Å². The largest absolute Gasteiger partial charge is 0.291 e. The summed E-state index contributed by atoms with van der Waals surface area (Å²) < 4.78 is -0.791. The van der Waals surface area contributed by atoms with Gasteiger partial charge in [0.1, 0.15) is 0 Å². The molecule has 17 heavy (non-hydrogen) atoms. The van der Waals surface area contributed by atoms with E-state index in [9.17, 15) is 0 Å². The van der Waals surface area contributed by atoms with Crippen molar-refractivity contribution in [3.63, 3.8) is 0 Å². The van der Waals surface area contributed by atoms with Gasteiger partial charge < -0.3 is 0 Å². The third kappa shape index (κ3) is 2.65. The third-order valence-electron chi connectivity index (χ3n) is 4.42. The van der Waals surface area contributed by atoms with E-state index in [1.165, 1.54) is 12.8 Å². The van der Waals surface area contributed by atoms with Crippen molar-refractivity contribution in [2.24, 2.45) is 0 Å². The second-order valence-electron chi connectivity index (χ2n) is 5.63. The van der Waals surface area contributed by atoms with Crippen LogP contribution in [-0.4, -0.2) is 15.7 Å². The van der Waals surface area contributed by atoms with Crippen molar-refractivity contribution in [2.45, 2.75) is 73.2 Å². The molecular weight excluding hydrogens is 314 g/mol. The normalized spacial score (nSPS) is 28.9. The molecule has 0 heterocycles. The highest BCUT2D eigenvalue weighted by atomic mass is 35.7. The molecule has 5 heteroatoms. The lowest BCUT2D eigenvalue weighted by molar-refractivity contribution is 0.432. The summed E-state index contributed by atoms with van der Waals surface area (Å²) in [6, 6.07) is 0. The summed E-state index contributed by atoms with van der Waals surface area (Å²) in [5, 5.41) is 0. The molecule has 2 aliphatic carbocycles. The van der Waals surface area contributed by atoms with Crippen LogP contribution in [0, 0.1) is 0 Å². The predicted molar refractivity (Wildman–Crippen MR) is 80.8 cm³/mol. The molecule has 2 rings (SSSR count). The molecule has 100 valence electrons. The summed E-state index contributed by atoms with van der Waals surface area (Å²) in [5.41, 5.74) is 0. The van der Waals surface area contributed by atoms with Crippen LogP contribution in [0.2, 0.25) is 0 Å². The van der Waals surface area contributed by atoms with Gasteiger partial charge in [-0.15, -0.1) is 45.4 Å². The first-order valence-corrected chi connectivity index (χ1v) is 11.4. The zero-order chi connectivity index (χ0) is 12.6. The van der Waals surface area contributed by atoms with Crippen LogP contribution in [0.5, 0.6) is 0 Å². The van der Waals surface area contributed by atoms with Gasteiger partial charge in [-0.05, 0) is 25.7 Å². The van der Waals surface area contributed by atoms with Gasteiger partial charge in [0.2, 0.25) is 0 Å². The lowest BCUT2D eigenvalue weighted by Gasteiger charge is -2.48. The van der Waals surface area contributed by atoms with E-state index in [1.54, 1.807) is 0 Å². The molecule has 0 saturated heterocycles. The number of rotatable bonds is 2. The van der Waals surface area contributed by atoms with Gasteiger partial charge in [0.05, 0.1) is 8.99 Å². The molecule has 2 aliphatic rings. The number of hydrogen-bond acceptors (Lipinski definition) is 0. The molecule has 2 saturated carbocycles. The first kappa shape index (κ1) is 14.8. The van der Waals surface area contributed by atoms with Crippen molar-refractivity contribution >= 4 is 52.1 Å². The van der Waals surface area contributed by atoms with Crippen LogP contribution in [0.1, 0.15) is 64.2 Å². The second kappa shape index (κ2) is 5.40. The van der Waals surface area contributed by atoms with Gasteiger partial charge in [0, 0.05) is 0 Å². The van der Waals surface area contributed by atoms with Gasteiger partial charge in [0.25, 0.3) is 6.69 Å². The molecule has 0 amide bonds. The summed E-state index contributed by atoms with van der Waals surface area (Å²) >= 11 is 27.2. The Morgan fingerprint density at radius 3 is 1.18 bits per heavy atom. The van der Waals surface area contributed by atoms with Gasteiger partial charge in [-0.1, -0.05) is 38.5 Å². The fourth-order valence-corrected chi connectivity index (χ4v) is 10.1. The van der Waals surface area contributed by atoms with Crippen LogP contribution in [0.25, 0.3) is 0 Å². The number of hydrogen-bond donors (Lipinski definition) is 0. The predicted octanol–water partition coefficient (Wildman–Crippen LogP) is 5.87. The smallest absolute Gasteiger partial charge is 0.142 e. The highest BCUT2D eigenvalue weighted by Crippen LogP contribution is 2.56.